The number of aromatic nitrogens is 2. The van der Waals surface area contributed by atoms with Crippen molar-refractivity contribution in [2.75, 3.05) is 5.32 Å². The second kappa shape index (κ2) is 10.3. The van der Waals surface area contributed by atoms with Crippen molar-refractivity contribution in [3.63, 3.8) is 0 Å². The first-order valence-corrected chi connectivity index (χ1v) is 15.5. The van der Waals surface area contributed by atoms with Gasteiger partial charge < -0.3 is 29.3 Å². The number of rotatable bonds is 5. The van der Waals surface area contributed by atoms with E-state index in [0.717, 1.165) is 22.4 Å². The molecule has 0 saturated carbocycles. The molecule has 3 N–H and O–H groups in total. The number of hydrogen-bond donors (Lipinski definition) is 3. The van der Waals surface area contributed by atoms with Crippen LogP contribution in [0, 0.1) is 24.2 Å². The molecule has 7 rings (SSSR count). The van der Waals surface area contributed by atoms with Gasteiger partial charge in [-0.05, 0) is 47.9 Å². The van der Waals surface area contributed by atoms with Crippen LogP contribution in [-0.2, 0) is 21.4 Å². The Morgan fingerprint density at radius 3 is 2.60 bits per heavy atom. The van der Waals surface area contributed by atoms with Gasteiger partial charge in [0.05, 0.1) is 5.69 Å². The van der Waals surface area contributed by atoms with Gasteiger partial charge >= 0.3 is 0 Å². The van der Waals surface area contributed by atoms with Crippen LogP contribution in [0.5, 0.6) is 5.75 Å². The molecular weight excluding hydrogens is 572 g/mol. The first-order chi connectivity index (χ1) is 21.4. The number of amides is 1. The smallest absolute Gasteiger partial charge is 0.249 e. The number of aryl methyl sites for hydroxylation is 1. The number of aliphatic hydroxyl groups is 1. The molecule has 1 amide bonds. The quantitative estimate of drug-likeness (QED) is 0.268. The van der Waals surface area contributed by atoms with Gasteiger partial charge in [0, 0.05) is 23.6 Å². The maximum absolute atomic E-state index is 14.1. The third-order valence-corrected chi connectivity index (χ3v) is 9.23. The highest BCUT2D eigenvalue weighted by Gasteiger charge is 2.61. The van der Waals surface area contributed by atoms with Crippen molar-refractivity contribution in [1.29, 1.82) is 0 Å². The lowest BCUT2D eigenvalue weighted by Crippen LogP contribution is -2.42. The largest absolute Gasteiger partial charge is 0.469 e. The SMILES string of the molecule is Cc1coc(-c2nc3oc2[C@@]24c5ccccc5NC2Oc2ccc(cc24)CC(CC(=O)[C@@H](O)C(C)C)C(=O)N[C@H]3C(C)(C)C)n1. The van der Waals surface area contributed by atoms with E-state index in [-0.39, 0.29) is 24.0 Å². The first kappa shape index (κ1) is 29.3. The summed E-state index contributed by atoms with van der Waals surface area (Å²) in [5.74, 6) is 0.111. The molecule has 10 nitrogen and oxygen atoms in total. The van der Waals surface area contributed by atoms with E-state index in [1.54, 1.807) is 20.1 Å². The molecular formula is C35H38N4O6. The zero-order valence-corrected chi connectivity index (χ0v) is 26.3. The molecule has 4 aromatic rings. The Bertz CT molecular complexity index is 1820. The molecule has 5 atom stereocenters. The van der Waals surface area contributed by atoms with Crippen LogP contribution in [-0.4, -0.2) is 39.1 Å². The molecule has 0 aliphatic carbocycles. The summed E-state index contributed by atoms with van der Waals surface area (Å²) in [6, 6.07) is 13.2. The molecule has 1 spiro atoms. The molecule has 3 aliphatic rings. The number of ketones is 1. The lowest BCUT2D eigenvalue weighted by molar-refractivity contribution is -0.135. The summed E-state index contributed by atoms with van der Waals surface area (Å²) >= 11 is 0. The van der Waals surface area contributed by atoms with Gasteiger partial charge in [0.1, 0.15) is 29.6 Å². The first-order valence-electron chi connectivity index (χ1n) is 15.5. The maximum atomic E-state index is 14.1. The minimum atomic E-state index is -1.16. The van der Waals surface area contributed by atoms with E-state index in [4.69, 9.17) is 18.6 Å². The highest BCUT2D eigenvalue weighted by atomic mass is 16.5. The molecule has 5 heterocycles. The fraction of sp³-hybridized carbons (Fsp3) is 0.429. The zero-order valence-electron chi connectivity index (χ0n) is 26.3. The van der Waals surface area contributed by atoms with Crippen molar-refractivity contribution in [1.82, 2.24) is 15.3 Å². The van der Waals surface area contributed by atoms with Gasteiger partial charge in [0.15, 0.2) is 23.5 Å². The van der Waals surface area contributed by atoms with Gasteiger partial charge in [0.25, 0.3) is 0 Å². The number of nitrogens with one attached hydrogen (secondary N) is 2. The molecule has 0 saturated heterocycles. The third kappa shape index (κ3) is 4.57. The van der Waals surface area contributed by atoms with E-state index in [2.05, 4.69) is 21.7 Å². The molecule has 2 aromatic carbocycles. The number of aliphatic hydroxyl groups excluding tert-OH is 1. The Balaban J connectivity index is 1.50. The summed E-state index contributed by atoms with van der Waals surface area (Å²) < 4.78 is 19.4. The van der Waals surface area contributed by atoms with Crippen molar-refractivity contribution in [2.45, 2.75) is 78.2 Å². The summed E-state index contributed by atoms with van der Waals surface area (Å²) in [4.78, 5) is 36.9. The lowest BCUT2D eigenvalue weighted by atomic mass is 9.72. The van der Waals surface area contributed by atoms with Crippen LogP contribution in [0.1, 0.15) is 81.1 Å². The number of ether oxygens (including phenoxy) is 1. The van der Waals surface area contributed by atoms with E-state index in [0.29, 0.717) is 41.1 Å². The van der Waals surface area contributed by atoms with Crippen molar-refractivity contribution in [3.8, 4) is 17.3 Å². The van der Waals surface area contributed by atoms with Gasteiger partial charge in [0.2, 0.25) is 17.7 Å². The minimum Gasteiger partial charge on any atom is -0.469 e. The second-order valence-electron chi connectivity index (χ2n) is 13.9. The monoisotopic (exact) mass is 610 g/mol. The van der Waals surface area contributed by atoms with Crippen molar-refractivity contribution in [2.24, 2.45) is 17.3 Å². The number of carbonyl (C=O) groups is 2. The van der Waals surface area contributed by atoms with Gasteiger partial charge in [-0.15, -0.1) is 0 Å². The number of oxazole rings is 2. The number of carbonyl (C=O) groups excluding carboxylic acids is 2. The van der Waals surface area contributed by atoms with Crippen LogP contribution in [0.4, 0.5) is 5.69 Å². The maximum Gasteiger partial charge on any atom is 0.249 e. The van der Waals surface area contributed by atoms with Crippen molar-refractivity contribution < 1.29 is 28.3 Å². The van der Waals surface area contributed by atoms with E-state index in [1.165, 1.54) is 0 Å². The van der Waals surface area contributed by atoms with Crippen molar-refractivity contribution >= 4 is 17.4 Å². The fourth-order valence-electron chi connectivity index (χ4n) is 6.87. The molecule has 2 unspecified atom stereocenters. The Hall–Kier alpha value is -4.44. The number of Topliss-reactive ketones (excluding diaryl/α,β-unsaturated/α-hetero) is 1. The number of nitrogens with zero attached hydrogens (tertiary/aromatic N) is 2. The van der Waals surface area contributed by atoms with Gasteiger partial charge in [-0.3, -0.25) is 9.59 Å². The molecule has 10 heteroatoms. The van der Waals surface area contributed by atoms with Crippen LogP contribution in [0.15, 0.2) is 57.6 Å². The summed E-state index contributed by atoms with van der Waals surface area (Å²) in [6.45, 7) is 11.4. The summed E-state index contributed by atoms with van der Waals surface area (Å²) in [5.41, 5.74) is 3.20. The van der Waals surface area contributed by atoms with Gasteiger partial charge in [-0.1, -0.05) is 65.0 Å². The Morgan fingerprint density at radius 2 is 1.89 bits per heavy atom. The number of hydrogen-bond acceptors (Lipinski definition) is 9. The standard InChI is InChI=1S/C35H38N4O6/c1-17(2)27(41)24(40)15-20-13-19-11-12-25-22(14-19)35(21-9-7-8-10-23(21)37-33(35)44-25)29-26(31-36-18(3)16-43-31)38-32(45-29)28(34(4,5)6)39-30(20)42/h7-12,14,16-17,20,27-28,33,37,41H,13,15H2,1-6H3,(H,39,42)/t20?,27-,28+,33?,35-/m0/s1. The van der Waals surface area contributed by atoms with Crippen LogP contribution in [0.2, 0.25) is 0 Å². The predicted octanol–water partition coefficient (Wildman–Crippen LogP) is 5.47. The topological polar surface area (TPSA) is 140 Å². The lowest BCUT2D eigenvalue weighted by Gasteiger charge is -2.32. The molecule has 0 fully saturated rings. The Kier molecular flexibility index (Phi) is 6.70. The molecule has 2 aromatic heterocycles. The predicted molar refractivity (Wildman–Crippen MR) is 166 cm³/mol. The average molecular weight is 611 g/mol. The molecule has 0 radical (unpaired) electrons. The van der Waals surface area contributed by atoms with E-state index >= 15 is 0 Å². The summed E-state index contributed by atoms with van der Waals surface area (Å²) in [7, 11) is 0. The number of anilines is 1. The van der Waals surface area contributed by atoms with Crippen LogP contribution in [0.25, 0.3) is 11.6 Å². The Labute approximate surface area is 261 Å². The van der Waals surface area contributed by atoms with E-state index < -0.39 is 35.1 Å². The number of fused-ring (bicyclic) bond motifs is 4. The van der Waals surface area contributed by atoms with Crippen molar-refractivity contribution in [3.05, 3.63) is 82.8 Å². The number of benzene rings is 2. The molecule has 45 heavy (non-hydrogen) atoms. The minimum absolute atomic E-state index is 0.106. The zero-order chi connectivity index (χ0) is 31.8. The van der Waals surface area contributed by atoms with Crippen LogP contribution < -0.4 is 15.4 Å². The van der Waals surface area contributed by atoms with Crippen LogP contribution in [0.3, 0.4) is 0 Å². The fourth-order valence-corrected chi connectivity index (χ4v) is 6.87. The molecule has 4 bridgehead atoms. The van der Waals surface area contributed by atoms with Gasteiger partial charge in [-0.2, -0.15) is 0 Å². The van der Waals surface area contributed by atoms with Crippen LogP contribution >= 0.6 is 0 Å². The summed E-state index contributed by atoms with van der Waals surface area (Å²) in [6.07, 6.45) is 0.0500. The summed E-state index contributed by atoms with van der Waals surface area (Å²) in [5, 5.41) is 17.3. The highest BCUT2D eigenvalue weighted by molar-refractivity contribution is 5.89. The molecule has 234 valence electrons. The highest BCUT2D eigenvalue weighted by Crippen LogP contribution is 2.59. The second-order valence-corrected chi connectivity index (χ2v) is 13.9. The van der Waals surface area contributed by atoms with E-state index in [1.807, 2.05) is 64.1 Å². The average Bonchev–Trinajstić information content (AvgIpc) is 3.74. The third-order valence-electron chi connectivity index (χ3n) is 9.23. The number of para-hydroxylation sites is 1. The Morgan fingerprint density at radius 1 is 1.11 bits per heavy atom. The normalized spacial score (nSPS) is 24.1. The molecule has 3 aliphatic heterocycles. The van der Waals surface area contributed by atoms with E-state index in [9.17, 15) is 14.7 Å². The van der Waals surface area contributed by atoms with Gasteiger partial charge in [-0.25, -0.2) is 9.97 Å².